The first-order chi connectivity index (χ1) is 12.3. The number of nitrogens with one attached hydrogen (secondary N) is 1. The standard InChI is InChI=1S/C20H26N4O/c21-16-18-7-4-8-19(15-18)23-11-13-24(14-12-23)20(25)22-10-9-17-5-2-1-3-6-17/h4-5,7-8,15H,1-3,6,9-14H2,(H,22,25). The van der Waals surface area contributed by atoms with E-state index in [2.05, 4.69) is 22.4 Å². The second-order valence-electron chi connectivity index (χ2n) is 6.73. The summed E-state index contributed by atoms with van der Waals surface area (Å²) in [5, 5.41) is 12.1. The Hall–Kier alpha value is -2.48. The normalized spacial score (nSPS) is 17.6. The molecule has 0 spiro atoms. The lowest BCUT2D eigenvalue weighted by atomic mass is 9.97. The van der Waals surface area contributed by atoms with Crippen LogP contribution in [0.15, 0.2) is 35.9 Å². The molecule has 0 bridgehead atoms. The molecule has 1 aromatic carbocycles. The smallest absolute Gasteiger partial charge is 0.317 e. The largest absolute Gasteiger partial charge is 0.368 e. The van der Waals surface area contributed by atoms with Gasteiger partial charge in [0.2, 0.25) is 0 Å². The number of amides is 2. The lowest BCUT2D eigenvalue weighted by Gasteiger charge is -2.36. The van der Waals surface area contributed by atoms with E-state index in [-0.39, 0.29) is 6.03 Å². The number of carbonyl (C=O) groups excluding carboxylic acids is 1. The Labute approximate surface area is 149 Å². The summed E-state index contributed by atoms with van der Waals surface area (Å²) in [6, 6.07) is 9.88. The number of carbonyl (C=O) groups is 1. The first-order valence-corrected chi connectivity index (χ1v) is 9.22. The van der Waals surface area contributed by atoms with Crippen molar-refractivity contribution in [1.82, 2.24) is 10.2 Å². The van der Waals surface area contributed by atoms with Crippen LogP contribution in [0.1, 0.15) is 37.7 Å². The predicted octanol–water partition coefficient (Wildman–Crippen LogP) is 3.28. The molecule has 2 amide bonds. The van der Waals surface area contributed by atoms with Crippen molar-refractivity contribution in [3.63, 3.8) is 0 Å². The van der Waals surface area contributed by atoms with Crippen LogP contribution >= 0.6 is 0 Å². The average molecular weight is 338 g/mol. The summed E-state index contributed by atoms with van der Waals surface area (Å²) in [6.07, 6.45) is 8.29. The van der Waals surface area contributed by atoms with Crippen molar-refractivity contribution in [2.75, 3.05) is 37.6 Å². The number of nitrogens with zero attached hydrogens (tertiary/aromatic N) is 3. The van der Waals surface area contributed by atoms with Crippen LogP contribution in [0.25, 0.3) is 0 Å². The van der Waals surface area contributed by atoms with Gasteiger partial charge in [0.15, 0.2) is 0 Å². The molecule has 1 N–H and O–H groups in total. The second-order valence-corrected chi connectivity index (χ2v) is 6.73. The van der Waals surface area contributed by atoms with Gasteiger partial charge in [0.05, 0.1) is 11.6 Å². The second kappa shape index (κ2) is 8.57. The fourth-order valence-corrected chi connectivity index (χ4v) is 3.51. The Balaban J connectivity index is 1.42. The molecule has 0 radical (unpaired) electrons. The number of allylic oxidation sites excluding steroid dienone is 1. The van der Waals surface area contributed by atoms with Crippen molar-refractivity contribution in [1.29, 1.82) is 5.26 Å². The van der Waals surface area contributed by atoms with Crippen LogP contribution in [-0.2, 0) is 0 Å². The molecule has 0 saturated carbocycles. The van der Waals surface area contributed by atoms with E-state index in [0.29, 0.717) is 18.7 Å². The zero-order valence-corrected chi connectivity index (χ0v) is 14.7. The highest BCUT2D eigenvalue weighted by Crippen LogP contribution is 2.20. The van der Waals surface area contributed by atoms with Crippen molar-refractivity contribution in [3.8, 4) is 6.07 Å². The third-order valence-corrected chi connectivity index (χ3v) is 5.01. The van der Waals surface area contributed by atoms with E-state index in [1.165, 1.54) is 31.3 Å². The van der Waals surface area contributed by atoms with Crippen molar-refractivity contribution >= 4 is 11.7 Å². The van der Waals surface area contributed by atoms with Crippen LogP contribution < -0.4 is 10.2 Å². The van der Waals surface area contributed by atoms with Crippen LogP contribution in [-0.4, -0.2) is 43.7 Å². The van der Waals surface area contributed by atoms with E-state index >= 15 is 0 Å². The molecule has 132 valence electrons. The zero-order chi connectivity index (χ0) is 17.5. The molecular formula is C20H26N4O. The average Bonchev–Trinajstić information content (AvgIpc) is 2.69. The summed E-state index contributed by atoms with van der Waals surface area (Å²) in [5.41, 5.74) is 3.23. The minimum absolute atomic E-state index is 0.0434. The summed E-state index contributed by atoms with van der Waals surface area (Å²) in [6.45, 7) is 3.76. The molecule has 5 heteroatoms. The highest BCUT2D eigenvalue weighted by Gasteiger charge is 2.21. The Bertz CT molecular complexity index is 669. The van der Waals surface area contributed by atoms with Gasteiger partial charge in [-0.1, -0.05) is 17.7 Å². The number of piperazine rings is 1. The predicted molar refractivity (Wildman–Crippen MR) is 99.5 cm³/mol. The summed E-state index contributed by atoms with van der Waals surface area (Å²) in [5.74, 6) is 0. The number of nitriles is 1. The molecule has 2 aliphatic rings. The maximum absolute atomic E-state index is 12.3. The Morgan fingerprint density at radius 1 is 1.20 bits per heavy atom. The van der Waals surface area contributed by atoms with Crippen molar-refractivity contribution in [3.05, 3.63) is 41.5 Å². The van der Waals surface area contributed by atoms with Gasteiger partial charge >= 0.3 is 6.03 Å². The molecule has 25 heavy (non-hydrogen) atoms. The Kier molecular flexibility index (Phi) is 5.95. The molecule has 0 aromatic heterocycles. The number of hydrogen-bond acceptors (Lipinski definition) is 3. The van der Waals surface area contributed by atoms with Gasteiger partial charge in [0, 0.05) is 38.4 Å². The van der Waals surface area contributed by atoms with Gasteiger partial charge in [-0.15, -0.1) is 0 Å². The highest BCUT2D eigenvalue weighted by molar-refractivity contribution is 5.74. The number of anilines is 1. The van der Waals surface area contributed by atoms with Gasteiger partial charge in [-0.05, 0) is 50.3 Å². The quantitative estimate of drug-likeness (QED) is 0.857. The molecule has 5 nitrogen and oxygen atoms in total. The fourth-order valence-electron chi connectivity index (χ4n) is 3.51. The third kappa shape index (κ3) is 4.76. The Morgan fingerprint density at radius 2 is 2.04 bits per heavy atom. The van der Waals surface area contributed by atoms with Crippen LogP contribution in [0, 0.1) is 11.3 Å². The fraction of sp³-hybridized carbons (Fsp3) is 0.500. The zero-order valence-electron chi connectivity index (χ0n) is 14.7. The summed E-state index contributed by atoms with van der Waals surface area (Å²) in [7, 11) is 0. The van der Waals surface area contributed by atoms with Gasteiger partial charge < -0.3 is 15.1 Å². The molecule has 3 rings (SSSR count). The maximum atomic E-state index is 12.3. The molecule has 0 atom stereocenters. The molecule has 1 fully saturated rings. The van der Waals surface area contributed by atoms with E-state index in [1.54, 1.807) is 0 Å². The molecule has 1 aliphatic carbocycles. The number of benzene rings is 1. The van der Waals surface area contributed by atoms with Crippen LogP contribution in [0.3, 0.4) is 0 Å². The van der Waals surface area contributed by atoms with Gasteiger partial charge in [-0.2, -0.15) is 5.26 Å². The molecule has 1 aliphatic heterocycles. The van der Waals surface area contributed by atoms with Crippen molar-refractivity contribution in [2.24, 2.45) is 0 Å². The minimum atomic E-state index is 0.0434. The van der Waals surface area contributed by atoms with Crippen LogP contribution in [0.2, 0.25) is 0 Å². The number of rotatable bonds is 4. The van der Waals surface area contributed by atoms with E-state index in [9.17, 15) is 4.79 Å². The summed E-state index contributed by atoms with van der Waals surface area (Å²) >= 11 is 0. The lowest BCUT2D eigenvalue weighted by molar-refractivity contribution is 0.194. The molecule has 1 saturated heterocycles. The molecule has 1 heterocycles. The van der Waals surface area contributed by atoms with E-state index in [0.717, 1.165) is 31.7 Å². The first-order valence-electron chi connectivity index (χ1n) is 9.22. The summed E-state index contributed by atoms with van der Waals surface area (Å²) < 4.78 is 0. The topological polar surface area (TPSA) is 59.4 Å². The molecule has 1 aromatic rings. The third-order valence-electron chi connectivity index (χ3n) is 5.01. The molecular weight excluding hydrogens is 312 g/mol. The number of urea groups is 1. The van der Waals surface area contributed by atoms with Crippen molar-refractivity contribution in [2.45, 2.75) is 32.1 Å². The van der Waals surface area contributed by atoms with Gasteiger partial charge in [0.1, 0.15) is 0 Å². The van der Waals surface area contributed by atoms with Gasteiger partial charge in [-0.3, -0.25) is 0 Å². The summed E-state index contributed by atoms with van der Waals surface area (Å²) in [4.78, 5) is 16.4. The molecule has 0 unspecified atom stereocenters. The van der Waals surface area contributed by atoms with E-state index in [1.807, 2.05) is 29.2 Å². The van der Waals surface area contributed by atoms with E-state index < -0.39 is 0 Å². The SMILES string of the molecule is N#Cc1cccc(N2CCN(C(=O)NCCC3=CCCCC3)CC2)c1. The van der Waals surface area contributed by atoms with Crippen LogP contribution in [0.5, 0.6) is 0 Å². The van der Waals surface area contributed by atoms with Gasteiger partial charge in [0.25, 0.3) is 0 Å². The first kappa shape index (κ1) is 17.3. The number of hydrogen-bond donors (Lipinski definition) is 1. The van der Waals surface area contributed by atoms with Crippen molar-refractivity contribution < 1.29 is 4.79 Å². The lowest BCUT2D eigenvalue weighted by Crippen LogP contribution is -2.52. The van der Waals surface area contributed by atoms with Gasteiger partial charge in [-0.25, -0.2) is 4.79 Å². The minimum Gasteiger partial charge on any atom is -0.368 e. The van der Waals surface area contributed by atoms with E-state index in [4.69, 9.17) is 5.26 Å². The highest BCUT2D eigenvalue weighted by atomic mass is 16.2. The monoisotopic (exact) mass is 338 g/mol. The maximum Gasteiger partial charge on any atom is 0.317 e. The van der Waals surface area contributed by atoms with Crippen LogP contribution in [0.4, 0.5) is 10.5 Å². The Morgan fingerprint density at radius 3 is 2.76 bits per heavy atom.